The summed E-state index contributed by atoms with van der Waals surface area (Å²) < 4.78 is 2.39. The van der Waals surface area contributed by atoms with E-state index >= 15 is 0 Å². The first-order valence-corrected chi connectivity index (χ1v) is 17.3. The third kappa shape index (κ3) is 8.19. The molecule has 8 heteroatoms. The highest BCUT2D eigenvalue weighted by Crippen LogP contribution is 2.37. The van der Waals surface area contributed by atoms with Crippen LogP contribution in [0.2, 0.25) is 0 Å². The van der Waals surface area contributed by atoms with Crippen LogP contribution >= 0.6 is 24.0 Å². The van der Waals surface area contributed by atoms with E-state index in [4.69, 9.17) is 12.2 Å². The van der Waals surface area contributed by atoms with Crippen molar-refractivity contribution in [2.45, 2.75) is 97.9 Å². The predicted octanol–water partition coefficient (Wildman–Crippen LogP) is 7.85. The summed E-state index contributed by atoms with van der Waals surface area (Å²) in [6, 6.07) is 12.8. The number of thioether (sulfide) groups is 1. The van der Waals surface area contributed by atoms with E-state index in [-0.39, 0.29) is 17.0 Å². The maximum atomic E-state index is 13.7. The van der Waals surface area contributed by atoms with Crippen LogP contribution in [0.1, 0.15) is 100 Å². The van der Waals surface area contributed by atoms with Gasteiger partial charge in [0.25, 0.3) is 11.5 Å². The molecule has 0 aliphatic carbocycles. The van der Waals surface area contributed by atoms with Gasteiger partial charge in [-0.25, -0.2) is 0 Å². The molecule has 1 aromatic heterocycles. The van der Waals surface area contributed by atoms with Gasteiger partial charge in [0.2, 0.25) is 0 Å². The van der Waals surface area contributed by atoms with Gasteiger partial charge >= 0.3 is 0 Å². The smallest absolute Gasteiger partial charge is 0.270 e. The van der Waals surface area contributed by atoms with Crippen molar-refractivity contribution in [3.05, 3.63) is 67.8 Å². The van der Waals surface area contributed by atoms with Crippen LogP contribution in [0.3, 0.4) is 0 Å². The second-order valence-electron chi connectivity index (χ2n) is 11.9. The summed E-state index contributed by atoms with van der Waals surface area (Å²) in [4.78, 5) is 31.9. The van der Waals surface area contributed by atoms with E-state index in [1.807, 2.05) is 13.0 Å². The number of pyridine rings is 1. The minimum Gasteiger partial charge on any atom is -0.357 e. The summed E-state index contributed by atoms with van der Waals surface area (Å²) in [5.41, 5.74) is 2.73. The van der Waals surface area contributed by atoms with Crippen molar-refractivity contribution in [1.29, 1.82) is 5.26 Å². The molecule has 43 heavy (non-hydrogen) atoms. The lowest BCUT2D eigenvalue weighted by molar-refractivity contribution is -0.122. The fourth-order valence-corrected chi connectivity index (χ4v) is 7.47. The number of benzene rings is 1. The number of nitrogens with zero attached hydrogens (tertiary/aromatic N) is 4. The van der Waals surface area contributed by atoms with E-state index < -0.39 is 0 Å². The molecular weight excluding hydrogens is 573 g/mol. The Labute approximate surface area is 267 Å². The molecule has 0 atom stereocenters. The first-order valence-electron chi connectivity index (χ1n) is 16.1. The molecule has 2 saturated heterocycles. The highest BCUT2D eigenvalue weighted by molar-refractivity contribution is 8.26. The molecule has 0 bridgehead atoms. The minimum atomic E-state index is -0.234. The summed E-state index contributed by atoms with van der Waals surface area (Å²) in [5, 5.41) is 10.0. The zero-order chi connectivity index (χ0) is 30.8. The van der Waals surface area contributed by atoms with E-state index in [9.17, 15) is 14.9 Å². The van der Waals surface area contributed by atoms with Gasteiger partial charge in [-0.15, -0.1) is 0 Å². The summed E-state index contributed by atoms with van der Waals surface area (Å²) in [5.74, 6) is 1.35. The third-order valence-electron chi connectivity index (χ3n) is 8.75. The Morgan fingerprint density at radius 1 is 0.977 bits per heavy atom. The number of aromatic nitrogens is 1. The van der Waals surface area contributed by atoms with Crippen LogP contribution in [0, 0.1) is 24.2 Å². The Morgan fingerprint density at radius 2 is 1.65 bits per heavy atom. The Morgan fingerprint density at radius 3 is 2.33 bits per heavy atom. The van der Waals surface area contributed by atoms with Gasteiger partial charge in [-0.2, -0.15) is 5.26 Å². The molecule has 2 aromatic rings. The Bertz CT molecular complexity index is 1400. The van der Waals surface area contributed by atoms with E-state index in [0.717, 1.165) is 69.4 Å². The lowest BCUT2D eigenvalue weighted by Gasteiger charge is -2.36. The number of carbonyl (C=O) groups is 1. The molecule has 230 valence electrons. The van der Waals surface area contributed by atoms with Gasteiger partial charge in [0.1, 0.15) is 21.8 Å². The lowest BCUT2D eigenvalue weighted by Crippen LogP contribution is -2.40. The molecule has 0 spiro atoms. The molecule has 2 aliphatic heterocycles. The summed E-state index contributed by atoms with van der Waals surface area (Å²) in [7, 11) is 0. The number of amides is 1. The van der Waals surface area contributed by atoms with Crippen LogP contribution < -0.4 is 10.5 Å². The number of nitriles is 1. The number of unbranched alkanes of at least 4 members (excludes halogenated alkanes) is 6. The van der Waals surface area contributed by atoms with Gasteiger partial charge in [-0.1, -0.05) is 107 Å². The molecular formula is C35H46N4O2S2. The third-order valence-corrected chi connectivity index (χ3v) is 10.1. The van der Waals surface area contributed by atoms with Crippen LogP contribution in [0.5, 0.6) is 0 Å². The predicted molar refractivity (Wildman–Crippen MR) is 183 cm³/mol. The van der Waals surface area contributed by atoms with Crippen LogP contribution in [0.15, 0.2) is 40.0 Å². The van der Waals surface area contributed by atoms with Gasteiger partial charge in [0.15, 0.2) is 0 Å². The Kier molecular flexibility index (Phi) is 12.5. The van der Waals surface area contributed by atoms with Crippen molar-refractivity contribution in [2.24, 2.45) is 5.92 Å². The van der Waals surface area contributed by atoms with E-state index in [0.29, 0.717) is 33.8 Å². The normalized spacial score (nSPS) is 16.8. The SMILES string of the molecule is CCCCCCCCN1C(=O)C(=Cc2c(C)c(C#N)c(=O)n(CCCC)c2N2CCC(Cc3ccccc3)CC2)SC1=S. The van der Waals surface area contributed by atoms with Crippen molar-refractivity contribution >= 4 is 46.1 Å². The molecule has 4 rings (SSSR count). The van der Waals surface area contributed by atoms with Gasteiger partial charge in [-0.3, -0.25) is 19.1 Å². The highest BCUT2D eigenvalue weighted by atomic mass is 32.2. The number of rotatable bonds is 14. The molecule has 0 N–H and O–H groups in total. The first-order chi connectivity index (χ1) is 20.9. The lowest BCUT2D eigenvalue weighted by atomic mass is 9.90. The average Bonchev–Trinajstić information content (AvgIpc) is 3.28. The van der Waals surface area contributed by atoms with Gasteiger partial charge in [0.05, 0.1) is 4.91 Å². The molecule has 2 fully saturated rings. The minimum absolute atomic E-state index is 0.0692. The van der Waals surface area contributed by atoms with Crippen molar-refractivity contribution in [3.63, 3.8) is 0 Å². The largest absolute Gasteiger partial charge is 0.357 e. The molecule has 1 aromatic carbocycles. The summed E-state index contributed by atoms with van der Waals surface area (Å²) >= 11 is 6.99. The Hall–Kier alpha value is -2.89. The molecule has 0 unspecified atom stereocenters. The summed E-state index contributed by atoms with van der Waals surface area (Å²) in [6.45, 7) is 9.00. The molecule has 0 radical (unpaired) electrons. The zero-order valence-electron chi connectivity index (χ0n) is 26.1. The van der Waals surface area contributed by atoms with Crippen LogP contribution in [0.25, 0.3) is 6.08 Å². The Balaban J connectivity index is 1.63. The molecule has 3 heterocycles. The second-order valence-corrected chi connectivity index (χ2v) is 13.6. The van der Waals surface area contributed by atoms with Crippen molar-refractivity contribution in [2.75, 3.05) is 24.5 Å². The summed E-state index contributed by atoms with van der Waals surface area (Å²) in [6.07, 6.45) is 13.7. The topological polar surface area (TPSA) is 69.3 Å². The van der Waals surface area contributed by atoms with Crippen molar-refractivity contribution < 1.29 is 4.79 Å². The molecule has 0 saturated carbocycles. The van der Waals surface area contributed by atoms with Gasteiger partial charge in [0, 0.05) is 31.7 Å². The van der Waals surface area contributed by atoms with Crippen molar-refractivity contribution in [1.82, 2.24) is 9.47 Å². The maximum Gasteiger partial charge on any atom is 0.270 e. The standard InChI is InChI=1S/C35H46N4O2S2/c1-4-6-8-9-10-14-20-39-34(41)31(43-35(39)42)24-29-26(3)30(25-36)33(40)38(19-7-5-2)32(29)37-21-17-28(18-22-37)23-27-15-12-11-13-16-27/h11-13,15-16,24,28H,4-10,14,17-23H2,1-3H3. The molecule has 6 nitrogen and oxygen atoms in total. The number of anilines is 1. The van der Waals surface area contributed by atoms with Gasteiger partial charge in [-0.05, 0) is 62.1 Å². The second kappa shape index (κ2) is 16.3. The van der Waals surface area contributed by atoms with E-state index in [1.165, 1.54) is 43.0 Å². The zero-order valence-corrected chi connectivity index (χ0v) is 27.7. The number of carbonyl (C=O) groups excluding carboxylic acids is 1. The van der Waals surface area contributed by atoms with Crippen LogP contribution in [0.4, 0.5) is 5.82 Å². The fourth-order valence-electron chi connectivity index (χ4n) is 6.18. The van der Waals surface area contributed by atoms with Crippen molar-refractivity contribution in [3.8, 4) is 6.07 Å². The first kappa shape index (κ1) is 33.0. The maximum absolute atomic E-state index is 13.7. The van der Waals surface area contributed by atoms with Crippen LogP contribution in [-0.2, 0) is 17.8 Å². The molecule has 1 amide bonds. The average molecular weight is 619 g/mol. The highest BCUT2D eigenvalue weighted by Gasteiger charge is 2.33. The van der Waals surface area contributed by atoms with E-state index in [2.05, 4.69) is 55.1 Å². The van der Waals surface area contributed by atoms with E-state index in [1.54, 1.807) is 9.47 Å². The van der Waals surface area contributed by atoms with Gasteiger partial charge < -0.3 is 4.90 Å². The quantitative estimate of drug-likeness (QED) is 0.122. The van der Waals surface area contributed by atoms with Crippen LogP contribution in [-0.4, -0.2) is 39.3 Å². The number of hydrogen-bond acceptors (Lipinski definition) is 6. The molecule has 2 aliphatic rings. The fraction of sp³-hybridized carbons (Fsp3) is 0.543. The number of thiocarbonyl (C=S) groups is 1. The number of piperidine rings is 1. The number of hydrogen-bond donors (Lipinski definition) is 0. The monoisotopic (exact) mass is 618 g/mol.